The van der Waals surface area contributed by atoms with Gasteiger partial charge in [-0.25, -0.2) is 0 Å². The third-order valence-electron chi connectivity index (χ3n) is 4.65. The summed E-state index contributed by atoms with van der Waals surface area (Å²) in [5.41, 5.74) is 3.82. The van der Waals surface area contributed by atoms with E-state index >= 15 is 0 Å². The number of pyridine rings is 1. The smallest absolute Gasteiger partial charge is 0.0622 e. The van der Waals surface area contributed by atoms with E-state index in [0.29, 0.717) is 6.04 Å². The molecule has 1 aromatic heterocycles. The zero-order valence-electron chi connectivity index (χ0n) is 13.1. The van der Waals surface area contributed by atoms with Crippen LogP contribution in [0.4, 0.5) is 5.69 Å². The molecule has 1 fully saturated rings. The first kappa shape index (κ1) is 15.5. The molecule has 1 aliphatic carbocycles. The van der Waals surface area contributed by atoms with Gasteiger partial charge in [-0.1, -0.05) is 37.3 Å². The molecule has 3 rings (SSSR count). The number of anilines is 1. The van der Waals surface area contributed by atoms with Gasteiger partial charge in [0, 0.05) is 12.2 Å². The maximum atomic E-state index is 4.42. The van der Waals surface area contributed by atoms with E-state index in [9.17, 15) is 0 Å². The second kappa shape index (κ2) is 7.28. The predicted octanol–water partition coefficient (Wildman–Crippen LogP) is 5.54. The molecule has 22 heavy (non-hydrogen) atoms. The Bertz CT molecular complexity index is 604. The van der Waals surface area contributed by atoms with Gasteiger partial charge in [0.1, 0.15) is 0 Å². The Kier molecular flexibility index (Phi) is 5.14. The minimum absolute atomic E-state index is 0.573. The van der Waals surface area contributed by atoms with Crippen LogP contribution in [-0.4, -0.2) is 11.0 Å². The van der Waals surface area contributed by atoms with Crippen LogP contribution in [0.15, 0.2) is 47.1 Å². The molecule has 2 nitrogen and oxygen atoms in total. The van der Waals surface area contributed by atoms with E-state index in [1.807, 2.05) is 6.20 Å². The lowest BCUT2D eigenvalue weighted by Gasteiger charge is -2.30. The second-order valence-electron chi connectivity index (χ2n) is 6.08. The van der Waals surface area contributed by atoms with Crippen molar-refractivity contribution in [1.29, 1.82) is 0 Å². The van der Waals surface area contributed by atoms with Gasteiger partial charge in [-0.3, -0.25) is 4.98 Å². The SMILES string of the molecule is CCc1nccc(N[C@H]2CC[C@@H](c3ccccc3)CC2)c1Br. The normalized spacial score (nSPS) is 21.5. The monoisotopic (exact) mass is 358 g/mol. The molecule has 3 heteroatoms. The predicted molar refractivity (Wildman–Crippen MR) is 96.4 cm³/mol. The molecule has 116 valence electrons. The van der Waals surface area contributed by atoms with Crippen molar-refractivity contribution >= 4 is 21.6 Å². The van der Waals surface area contributed by atoms with Gasteiger partial charge >= 0.3 is 0 Å². The van der Waals surface area contributed by atoms with Crippen molar-refractivity contribution in [3.63, 3.8) is 0 Å². The van der Waals surface area contributed by atoms with Crippen LogP contribution in [0.1, 0.15) is 49.8 Å². The fraction of sp³-hybridized carbons (Fsp3) is 0.421. The summed E-state index contributed by atoms with van der Waals surface area (Å²) >= 11 is 3.69. The first-order valence-electron chi connectivity index (χ1n) is 8.22. The van der Waals surface area contributed by atoms with E-state index in [-0.39, 0.29) is 0 Å². The molecule has 0 unspecified atom stereocenters. The molecule has 1 aromatic carbocycles. The fourth-order valence-corrected chi connectivity index (χ4v) is 3.99. The number of halogens is 1. The molecule has 2 aromatic rings. The summed E-state index contributed by atoms with van der Waals surface area (Å²) in [5, 5.41) is 3.71. The molecular weight excluding hydrogens is 336 g/mol. The number of aromatic nitrogens is 1. The Morgan fingerprint density at radius 3 is 2.50 bits per heavy atom. The highest BCUT2D eigenvalue weighted by atomic mass is 79.9. The van der Waals surface area contributed by atoms with Gasteiger partial charge in [0.15, 0.2) is 0 Å². The minimum atomic E-state index is 0.573. The number of benzene rings is 1. The van der Waals surface area contributed by atoms with E-state index in [0.717, 1.165) is 22.5 Å². The number of rotatable bonds is 4. The average molecular weight is 359 g/mol. The van der Waals surface area contributed by atoms with Crippen molar-refractivity contribution in [2.75, 3.05) is 5.32 Å². The van der Waals surface area contributed by atoms with E-state index in [1.165, 1.54) is 36.9 Å². The van der Waals surface area contributed by atoms with Gasteiger partial charge in [-0.2, -0.15) is 0 Å². The summed E-state index contributed by atoms with van der Waals surface area (Å²) in [6.45, 7) is 2.14. The molecule has 0 radical (unpaired) electrons. The zero-order chi connectivity index (χ0) is 15.4. The Hall–Kier alpha value is -1.35. The van der Waals surface area contributed by atoms with Crippen LogP contribution in [0.3, 0.4) is 0 Å². The molecule has 0 spiro atoms. The topological polar surface area (TPSA) is 24.9 Å². The maximum absolute atomic E-state index is 4.42. The van der Waals surface area contributed by atoms with Crippen molar-refractivity contribution in [1.82, 2.24) is 4.98 Å². The lowest BCUT2D eigenvalue weighted by molar-refractivity contribution is 0.412. The third kappa shape index (κ3) is 3.52. The molecular formula is C19H23BrN2. The summed E-state index contributed by atoms with van der Waals surface area (Å²) < 4.78 is 1.13. The van der Waals surface area contributed by atoms with E-state index in [1.54, 1.807) is 0 Å². The highest BCUT2D eigenvalue weighted by molar-refractivity contribution is 9.10. The van der Waals surface area contributed by atoms with Crippen LogP contribution in [0.2, 0.25) is 0 Å². The summed E-state index contributed by atoms with van der Waals surface area (Å²) in [6, 6.07) is 13.6. The minimum Gasteiger partial charge on any atom is -0.381 e. The Morgan fingerprint density at radius 1 is 1.09 bits per heavy atom. The standard InChI is InChI=1S/C19H23BrN2/c1-2-17-19(20)18(12-13-21-17)22-16-10-8-15(9-11-16)14-6-4-3-5-7-14/h3-7,12-13,15-16H,2,8-11H2,1H3,(H,21,22)/t15-,16+. The van der Waals surface area contributed by atoms with Gasteiger partial charge in [-0.15, -0.1) is 0 Å². The Balaban J connectivity index is 1.61. The highest BCUT2D eigenvalue weighted by Gasteiger charge is 2.22. The molecule has 1 heterocycles. The molecule has 0 amide bonds. The summed E-state index contributed by atoms with van der Waals surface area (Å²) in [4.78, 5) is 4.42. The molecule has 1 N–H and O–H groups in total. The average Bonchev–Trinajstić information content (AvgIpc) is 2.58. The van der Waals surface area contributed by atoms with Crippen LogP contribution < -0.4 is 5.32 Å². The first-order valence-corrected chi connectivity index (χ1v) is 9.02. The van der Waals surface area contributed by atoms with E-state index < -0.39 is 0 Å². The summed E-state index contributed by atoms with van der Waals surface area (Å²) in [5.74, 6) is 0.728. The number of nitrogens with zero attached hydrogens (tertiary/aromatic N) is 1. The van der Waals surface area contributed by atoms with Gasteiger partial charge in [0.25, 0.3) is 0 Å². The molecule has 0 aliphatic heterocycles. The molecule has 0 saturated heterocycles. The van der Waals surface area contributed by atoms with Crippen molar-refractivity contribution in [3.8, 4) is 0 Å². The fourth-order valence-electron chi connectivity index (χ4n) is 3.36. The summed E-state index contributed by atoms with van der Waals surface area (Å²) in [7, 11) is 0. The van der Waals surface area contributed by atoms with Crippen LogP contribution in [0.5, 0.6) is 0 Å². The van der Waals surface area contributed by atoms with E-state index in [4.69, 9.17) is 0 Å². The van der Waals surface area contributed by atoms with Crippen molar-refractivity contribution in [2.24, 2.45) is 0 Å². The molecule has 1 saturated carbocycles. The quantitative estimate of drug-likeness (QED) is 0.775. The Labute approximate surface area is 141 Å². The van der Waals surface area contributed by atoms with Crippen LogP contribution in [-0.2, 0) is 6.42 Å². The van der Waals surface area contributed by atoms with Crippen LogP contribution in [0, 0.1) is 0 Å². The first-order chi connectivity index (χ1) is 10.8. The maximum Gasteiger partial charge on any atom is 0.0622 e. The van der Waals surface area contributed by atoms with Crippen molar-refractivity contribution < 1.29 is 0 Å². The highest BCUT2D eigenvalue weighted by Crippen LogP contribution is 2.35. The van der Waals surface area contributed by atoms with Crippen molar-refractivity contribution in [2.45, 2.75) is 51.0 Å². The lowest BCUT2D eigenvalue weighted by Crippen LogP contribution is -2.25. The second-order valence-corrected chi connectivity index (χ2v) is 6.87. The lowest BCUT2D eigenvalue weighted by atomic mass is 9.82. The number of aryl methyl sites for hydroxylation is 1. The van der Waals surface area contributed by atoms with Gasteiger partial charge in [0.05, 0.1) is 15.9 Å². The van der Waals surface area contributed by atoms with Gasteiger partial charge in [0.2, 0.25) is 0 Å². The number of hydrogen-bond donors (Lipinski definition) is 1. The molecule has 0 bridgehead atoms. The number of nitrogens with one attached hydrogen (secondary N) is 1. The van der Waals surface area contributed by atoms with Crippen LogP contribution >= 0.6 is 15.9 Å². The number of hydrogen-bond acceptors (Lipinski definition) is 2. The molecule has 1 aliphatic rings. The zero-order valence-corrected chi connectivity index (χ0v) is 14.6. The van der Waals surface area contributed by atoms with E-state index in [2.05, 4.69) is 69.6 Å². The third-order valence-corrected chi connectivity index (χ3v) is 5.54. The Morgan fingerprint density at radius 2 is 1.82 bits per heavy atom. The van der Waals surface area contributed by atoms with Crippen molar-refractivity contribution in [3.05, 3.63) is 58.3 Å². The largest absolute Gasteiger partial charge is 0.381 e. The van der Waals surface area contributed by atoms with Crippen LogP contribution in [0.25, 0.3) is 0 Å². The van der Waals surface area contributed by atoms with Gasteiger partial charge in [-0.05, 0) is 65.6 Å². The summed E-state index contributed by atoms with van der Waals surface area (Å²) in [6.07, 6.45) is 7.86. The molecule has 0 atom stereocenters. The van der Waals surface area contributed by atoms with Gasteiger partial charge < -0.3 is 5.32 Å².